The summed E-state index contributed by atoms with van der Waals surface area (Å²) in [6.07, 6.45) is 4.51. The standard InChI is InChI=1S/C22H36N4OS/c1-3-23-21(25-17-22(27)13-12-20(22)28-4-2)24-16-19(26-14-8-9-15-26)18-10-6-5-7-11-18/h5-7,10-11,19-20,27H,3-4,8-9,12-17H2,1-2H3,(H2,23,24,25). The topological polar surface area (TPSA) is 59.9 Å². The van der Waals surface area contributed by atoms with E-state index in [1.54, 1.807) is 0 Å². The van der Waals surface area contributed by atoms with E-state index in [4.69, 9.17) is 4.99 Å². The van der Waals surface area contributed by atoms with E-state index < -0.39 is 5.60 Å². The first kappa shape index (κ1) is 21.5. The highest BCUT2D eigenvalue weighted by molar-refractivity contribution is 8.00. The normalized spacial score (nSPS) is 26.7. The molecule has 1 aromatic carbocycles. The molecule has 0 amide bonds. The first-order chi connectivity index (χ1) is 13.7. The molecule has 1 aliphatic carbocycles. The van der Waals surface area contributed by atoms with E-state index in [1.807, 2.05) is 11.8 Å². The lowest BCUT2D eigenvalue weighted by Gasteiger charge is -2.44. The van der Waals surface area contributed by atoms with Gasteiger partial charge in [0.15, 0.2) is 5.96 Å². The van der Waals surface area contributed by atoms with Gasteiger partial charge in [-0.3, -0.25) is 9.89 Å². The number of guanidine groups is 1. The minimum atomic E-state index is -0.642. The number of hydrogen-bond acceptors (Lipinski definition) is 4. The molecule has 0 spiro atoms. The van der Waals surface area contributed by atoms with Gasteiger partial charge in [-0.05, 0) is 57.0 Å². The molecule has 0 radical (unpaired) electrons. The van der Waals surface area contributed by atoms with Crippen LogP contribution in [0.2, 0.25) is 0 Å². The molecule has 3 atom stereocenters. The molecule has 2 aliphatic rings. The quantitative estimate of drug-likeness (QED) is 0.436. The minimum absolute atomic E-state index is 0.325. The Morgan fingerprint density at radius 2 is 2.00 bits per heavy atom. The van der Waals surface area contributed by atoms with E-state index in [2.05, 4.69) is 59.7 Å². The van der Waals surface area contributed by atoms with Crippen LogP contribution in [0.4, 0.5) is 0 Å². The fourth-order valence-electron chi connectivity index (χ4n) is 4.15. The van der Waals surface area contributed by atoms with E-state index in [0.717, 1.165) is 50.7 Å². The van der Waals surface area contributed by atoms with Crippen molar-refractivity contribution in [1.82, 2.24) is 15.5 Å². The summed E-state index contributed by atoms with van der Waals surface area (Å²) in [5.41, 5.74) is 0.710. The third-order valence-corrected chi connectivity index (χ3v) is 7.30. The number of aliphatic imine (C=N–C) groups is 1. The Hall–Kier alpha value is -1.24. The van der Waals surface area contributed by atoms with E-state index in [9.17, 15) is 5.11 Å². The van der Waals surface area contributed by atoms with Gasteiger partial charge in [-0.1, -0.05) is 37.3 Å². The van der Waals surface area contributed by atoms with Gasteiger partial charge in [0.2, 0.25) is 0 Å². The maximum absolute atomic E-state index is 10.9. The highest BCUT2D eigenvalue weighted by atomic mass is 32.2. The number of nitrogens with one attached hydrogen (secondary N) is 2. The van der Waals surface area contributed by atoms with E-state index in [1.165, 1.54) is 18.4 Å². The average Bonchev–Trinajstić information content (AvgIpc) is 3.24. The number of hydrogen-bond donors (Lipinski definition) is 3. The molecular formula is C22H36N4OS. The Labute approximate surface area is 174 Å². The van der Waals surface area contributed by atoms with Gasteiger partial charge in [-0.25, -0.2) is 0 Å². The number of benzene rings is 1. The van der Waals surface area contributed by atoms with Crippen molar-refractivity contribution in [3.63, 3.8) is 0 Å². The van der Waals surface area contributed by atoms with Gasteiger partial charge in [0.1, 0.15) is 0 Å². The molecule has 2 fully saturated rings. The van der Waals surface area contributed by atoms with Crippen molar-refractivity contribution in [1.29, 1.82) is 0 Å². The zero-order chi connectivity index (χ0) is 19.8. The number of nitrogens with zero attached hydrogens (tertiary/aromatic N) is 2. The Morgan fingerprint density at radius 1 is 1.25 bits per heavy atom. The molecule has 1 saturated carbocycles. The van der Waals surface area contributed by atoms with Gasteiger partial charge < -0.3 is 15.7 Å². The monoisotopic (exact) mass is 404 g/mol. The smallest absolute Gasteiger partial charge is 0.191 e. The zero-order valence-electron chi connectivity index (χ0n) is 17.4. The molecule has 1 heterocycles. The molecular weight excluding hydrogens is 368 g/mol. The van der Waals surface area contributed by atoms with Crippen molar-refractivity contribution in [3.05, 3.63) is 35.9 Å². The lowest BCUT2D eigenvalue weighted by Crippen LogP contribution is -2.53. The van der Waals surface area contributed by atoms with Crippen molar-refractivity contribution in [2.45, 2.75) is 56.4 Å². The van der Waals surface area contributed by atoms with Crippen LogP contribution in [-0.4, -0.2) is 65.3 Å². The summed E-state index contributed by atoms with van der Waals surface area (Å²) in [6.45, 7) is 8.66. The molecule has 0 aromatic heterocycles. The Balaban J connectivity index is 1.63. The molecule has 3 rings (SSSR count). The molecule has 0 bridgehead atoms. The summed E-state index contributed by atoms with van der Waals surface area (Å²) in [5.74, 6) is 1.85. The molecule has 3 N–H and O–H groups in total. The Bertz CT molecular complexity index is 620. The maximum atomic E-state index is 10.9. The summed E-state index contributed by atoms with van der Waals surface area (Å²) in [6, 6.07) is 11.1. The van der Waals surface area contributed by atoms with Crippen LogP contribution < -0.4 is 10.6 Å². The zero-order valence-corrected chi connectivity index (χ0v) is 18.2. The largest absolute Gasteiger partial charge is 0.387 e. The van der Waals surface area contributed by atoms with Crippen LogP contribution >= 0.6 is 11.8 Å². The highest BCUT2D eigenvalue weighted by Crippen LogP contribution is 2.41. The van der Waals surface area contributed by atoms with Crippen molar-refractivity contribution >= 4 is 17.7 Å². The number of thioether (sulfide) groups is 1. The number of likely N-dealkylation sites (tertiary alicyclic amines) is 1. The van der Waals surface area contributed by atoms with Crippen molar-refractivity contribution in [2.24, 2.45) is 4.99 Å². The summed E-state index contributed by atoms with van der Waals surface area (Å²) in [5, 5.41) is 18.1. The van der Waals surface area contributed by atoms with Gasteiger partial charge in [-0.2, -0.15) is 11.8 Å². The first-order valence-electron chi connectivity index (χ1n) is 10.8. The molecule has 5 nitrogen and oxygen atoms in total. The molecule has 1 saturated heterocycles. The molecule has 156 valence electrons. The van der Waals surface area contributed by atoms with Gasteiger partial charge >= 0.3 is 0 Å². The lowest BCUT2D eigenvalue weighted by atomic mass is 9.79. The van der Waals surface area contributed by atoms with Crippen LogP contribution in [0.3, 0.4) is 0 Å². The third kappa shape index (κ3) is 5.43. The van der Waals surface area contributed by atoms with Crippen molar-refractivity contribution in [3.8, 4) is 0 Å². The maximum Gasteiger partial charge on any atom is 0.191 e. The highest BCUT2D eigenvalue weighted by Gasteiger charge is 2.45. The molecule has 3 unspecified atom stereocenters. The van der Waals surface area contributed by atoms with Crippen LogP contribution in [0.25, 0.3) is 0 Å². The molecule has 1 aliphatic heterocycles. The SMILES string of the molecule is CCNC(=NCC1(O)CCC1SCC)NCC(c1ccccc1)N1CCCC1. The fourth-order valence-corrected chi connectivity index (χ4v) is 5.34. The van der Waals surface area contributed by atoms with Crippen LogP contribution in [0.1, 0.15) is 51.1 Å². The minimum Gasteiger partial charge on any atom is -0.387 e. The second kappa shape index (κ2) is 10.5. The Kier molecular flexibility index (Phi) is 8.06. The van der Waals surface area contributed by atoms with Gasteiger partial charge in [0, 0.05) is 18.3 Å². The Morgan fingerprint density at radius 3 is 2.61 bits per heavy atom. The summed E-state index contributed by atoms with van der Waals surface area (Å²) < 4.78 is 0. The van der Waals surface area contributed by atoms with Crippen molar-refractivity contribution < 1.29 is 5.11 Å². The predicted molar refractivity (Wildman–Crippen MR) is 120 cm³/mol. The molecule has 6 heteroatoms. The van der Waals surface area contributed by atoms with Gasteiger partial charge in [-0.15, -0.1) is 0 Å². The second-order valence-corrected chi connectivity index (χ2v) is 9.31. The van der Waals surface area contributed by atoms with Crippen LogP contribution in [0.5, 0.6) is 0 Å². The summed E-state index contributed by atoms with van der Waals surface area (Å²) in [4.78, 5) is 7.31. The third-order valence-electron chi connectivity index (χ3n) is 5.89. The predicted octanol–water partition coefficient (Wildman–Crippen LogP) is 3.03. The second-order valence-electron chi connectivity index (χ2n) is 7.83. The molecule has 1 aromatic rings. The van der Waals surface area contributed by atoms with Gasteiger partial charge in [0.05, 0.1) is 18.2 Å². The lowest BCUT2D eigenvalue weighted by molar-refractivity contribution is -0.0154. The van der Waals surface area contributed by atoms with Crippen LogP contribution in [-0.2, 0) is 0 Å². The average molecular weight is 405 g/mol. The fraction of sp³-hybridized carbons (Fsp3) is 0.682. The van der Waals surface area contributed by atoms with Crippen LogP contribution in [0.15, 0.2) is 35.3 Å². The van der Waals surface area contributed by atoms with E-state index in [-0.39, 0.29) is 0 Å². The van der Waals surface area contributed by atoms with E-state index in [0.29, 0.717) is 17.8 Å². The van der Waals surface area contributed by atoms with E-state index >= 15 is 0 Å². The van der Waals surface area contributed by atoms with Gasteiger partial charge in [0.25, 0.3) is 0 Å². The van der Waals surface area contributed by atoms with Crippen molar-refractivity contribution in [2.75, 3.05) is 38.5 Å². The number of aliphatic hydroxyl groups is 1. The number of rotatable bonds is 9. The summed E-state index contributed by atoms with van der Waals surface area (Å²) >= 11 is 1.86. The first-order valence-corrected chi connectivity index (χ1v) is 11.9. The summed E-state index contributed by atoms with van der Waals surface area (Å²) in [7, 11) is 0. The van der Waals surface area contributed by atoms with Crippen LogP contribution in [0, 0.1) is 0 Å². The molecule has 28 heavy (non-hydrogen) atoms.